The third-order valence-electron chi connectivity index (χ3n) is 4.24. The summed E-state index contributed by atoms with van der Waals surface area (Å²) in [6.45, 7) is 9.62. The molecule has 0 aliphatic carbocycles. The molecule has 1 atom stereocenters. The molecule has 0 saturated carbocycles. The van der Waals surface area contributed by atoms with Gasteiger partial charge in [-0.1, -0.05) is 13.0 Å². The topological polar surface area (TPSA) is 52.7 Å². The van der Waals surface area contributed by atoms with Crippen LogP contribution in [-0.2, 0) is 4.79 Å². The number of amides is 3. The summed E-state index contributed by atoms with van der Waals surface area (Å²) in [5, 5.41) is 2.84. The molecule has 0 bridgehead atoms. The average molecular weight is 303 g/mol. The predicted octanol–water partition coefficient (Wildman–Crippen LogP) is 2.46. The molecule has 0 spiro atoms. The van der Waals surface area contributed by atoms with Crippen LogP contribution in [0.4, 0.5) is 10.5 Å². The lowest BCUT2D eigenvalue weighted by atomic mass is 10.1. The number of nitrogens with one attached hydrogen (secondary N) is 1. The second-order valence-corrected chi connectivity index (χ2v) is 5.86. The molecular formula is C17H25N3O2. The van der Waals surface area contributed by atoms with Crippen LogP contribution in [0.15, 0.2) is 18.2 Å². The van der Waals surface area contributed by atoms with Crippen molar-refractivity contribution in [2.45, 2.75) is 40.2 Å². The third-order valence-corrected chi connectivity index (χ3v) is 4.24. The minimum atomic E-state index is -0.438. The van der Waals surface area contributed by atoms with Crippen molar-refractivity contribution in [1.82, 2.24) is 10.2 Å². The van der Waals surface area contributed by atoms with Crippen LogP contribution in [0.2, 0.25) is 0 Å². The molecule has 1 N–H and O–H groups in total. The van der Waals surface area contributed by atoms with E-state index >= 15 is 0 Å². The van der Waals surface area contributed by atoms with Gasteiger partial charge in [0.25, 0.3) is 0 Å². The Hall–Kier alpha value is -2.04. The van der Waals surface area contributed by atoms with Gasteiger partial charge in [0.1, 0.15) is 6.04 Å². The van der Waals surface area contributed by atoms with Crippen molar-refractivity contribution in [3.8, 4) is 0 Å². The Balaban J connectivity index is 2.12. The Kier molecular flexibility index (Phi) is 5.06. The summed E-state index contributed by atoms with van der Waals surface area (Å²) in [5.41, 5.74) is 3.29. The van der Waals surface area contributed by atoms with Gasteiger partial charge in [0.2, 0.25) is 5.91 Å². The van der Waals surface area contributed by atoms with E-state index in [2.05, 4.69) is 12.2 Å². The Morgan fingerprint density at radius 1 is 1.27 bits per heavy atom. The van der Waals surface area contributed by atoms with Crippen LogP contribution in [0.3, 0.4) is 0 Å². The lowest BCUT2D eigenvalue weighted by Crippen LogP contribution is -2.59. The molecule has 0 aromatic heterocycles. The van der Waals surface area contributed by atoms with E-state index in [4.69, 9.17) is 0 Å². The van der Waals surface area contributed by atoms with Gasteiger partial charge in [-0.2, -0.15) is 0 Å². The molecule has 5 nitrogen and oxygen atoms in total. The molecule has 22 heavy (non-hydrogen) atoms. The quantitative estimate of drug-likeness (QED) is 0.932. The zero-order valence-corrected chi connectivity index (χ0v) is 13.8. The number of rotatable bonds is 3. The van der Waals surface area contributed by atoms with E-state index in [1.54, 1.807) is 16.7 Å². The summed E-state index contributed by atoms with van der Waals surface area (Å²) in [7, 11) is 0. The van der Waals surface area contributed by atoms with Gasteiger partial charge < -0.3 is 15.1 Å². The molecule has 120 valence electrons. The first kappa shape index (κ1) is 16.3. The molecule has 2 rings (SSSR count). The number of anilines is 1. The average Bonchev–Trinajstić information content (AvgIpc) is 2.50. The van der Waals surface area contributed by atoms with E-state index in [1.807, 2.05) is 32.0 Å². The number of nitrogens with zero attached hydrogens (tertiary/aromatic N) is 2. The predicted molar refractivity (Wildman–Crippen MR) is 88.1 cm³/mol. The summed E-state index contributed by atoms with van der Waals surface area (Å²) < 4.78 is 0. The highest BCUT2D eigenvalue weighted by atomic mass is 16.2. The number of aryl methyl sites for hydroxylation is 2. The maximum atomic E-state index is 12.6. The minimum Gasteiger partial charge on any atom is -0.338 e. The molecule has 1 fully saturated rings. The van der Waals surface area contributed by atoms with Gasteiger partial charge in [-0.15, -0.1) is 0 Å². The monoisotopic (exact) mass is 303 g/mol. The molecule has 1 aliphatic rings. The summed E-state index contributed by atoms with van der Waals surface area (Å²) in [6, 6.07) is 5.45. The fraction of sp³-hybridized carbons (Fsp3) is 0.529. The first-order chi connectivity index (χ1) is 10.5. The van der Waals surface area contributed by atoms with Crippen molar-refractivity contribution in [3.05, 3.63) is 29.3 Å². The van der Waals surface area contributed by atoms with Crippen LogP contribution in [0.1, 0.15) is 31.4 Å². The first-order valence-electron chi connectivity index (χ1n) is 7.88. The van der Waals surface area contributed by atoms with Gasteiger partial charge in [0.15, 0.2) is 0 Å². The Bertz CT molecular complexity index is 571. The highest BCUT2D eigenvalue weighted by molar-refractivity contribution is 6.00. The summed E-state index contributed by atoms with van der Waals surface area (Å²) >= 11 is 0. The van der Waals surface area contributed by atoms with E-state index in [1.165, 1.54) is 11.1 Å². The number of hydrogen-bond donors (Lipinski definition) is 1. The van der Waals surface area contributed by atoms with Crippen molar-refractivity contribution < 1.29 is 9.59 Å². The van der Waals surface area contributed by atoms with Crippen molar-refractivity contribution in [1.29, 1.82) is 0 Å². The van der Waals surface area contributed by atoms with Gasteiger partial charge in [0.05, 0.1) is 0 Å². The molecule has 1 aromatic carbocycles. The van der Waals surface area contributed by atoms with E-state index in [9.17, 15) is 9.59 Å². The summed E-state index contributed by atoms with van der Waals surface area (Å²) in [5.74, 6) is -0.0267. The van der Waals surface area contributed by atoms with Crippen LogP contribution >= 0.6 is 0 Å². The van der Waals surface area contributed by atoms with Gasteiger partial charge in [-0.3, -0.25) is 4.79 Å². The normalized spacial score (nSPS) is 18.5. The lowest BCUT2D eigenvalue weighted by molar-refractivity contribution is -0.124. The van der Waals surface area contributed by atoms with E-state index in [-0.39, 0.29) is 11.9 Å². The number of piperazine rings is 1. The summed E-state index contributed by atoms with van der Waals surface area (Å²) in [4.78, 5) is 28.1. The van der Waals surface area contributed by atoms with Gasteiger partial charge in [-0.05, 0) is 50.5 Å². The zero-order chi connectivity index (χ0) is 16.3. The van der Waals surface area contributed by atoms with Gasteiger partial charge in [0, 0.05) is 25.3 Å². The maximum Gasteiger partial charge on any atom is 0.318 e. The van der Waals surface area contributed by atoms with E-state index < -0.39 is 6.04 Å². The van der Waals surface area contributed by atoms with Gasteiger partial charge >= 0.3 is 6.03 Å². The second kappa shape index (κ2) is 6.81. The van der Waals surface area contributed by atoms with Crippen molar-refractivity contribution in [3.63, 3.8) is 0 Å². The van der Waals surface area contributed by atoms with Crippen molar-refractivity contribution >= 4 is 17.6 Å². The van der Waals surface area contributed by atoms with Crippen LogP contribution in [-0.4, -0.2) is 42.5 Å². The Morgan fingerprint density at radius 2 is 2.00 bits per heavy atom. The van der Waals surface area contributed by atoms with Gasteiger partial charge in [-0.25, -0.2) is 4.79 Å². The number of benzene rings is 1. The molecule has 0 radical (unpaired) electrons. The first-order valence-corrected chi connectivity index (χ1v) is 7.88. The molecule has 3 amide bonds. The van der Waals surface area contributed by atoms with Crippen LogP contribution < -0.4 is 10.2 Å². The lowest BCUT2D eigenvalue weighted by Gasteiger charge is -2.39. The maximum absolute atomic E-state index is 12.6. The molecule has 1 unspecified atom stereocenters. The van der Waals surface area contributed by atoms with Crippen molar-refractivity contribution in [2.75, 3.05) is 24.5 Å². The largest absolute Gasteiger partial charge is 0.338 e. The molecule has 1 heterocycles. The fourth-order valence-electron chi connectivity index (χ4n) is 2.63. The fourth-order valence-corrected chi connectivity index (χ4v) is 2.63. The second-order valence-electron chi connectivity index (χ2n) is 5.86. The zero-order valence-electron chi connectivity index (χ0n) is 13.8. The highest BCUT2D eigenvalue weighted by Gasteiger charge is 2.34. The number of carbonyl (C=O) groups is 2. The van der Waals surface area contributed by atoms with Crippen LogP contribution in [0.5, 0.6) is 0 Å². The highest BCUT2D eigenvalue weighted by Crippen LogP contribution is 2.23. The standard InChI is InChI=1S/C17H25N3O2/c1-5-8-18-17(22)19-9-10-20(16(21)14(19)4)15-7-6-12(2)13(3)11-15/h6-7,11,14H,5,8-10H2,1-4H3,(H,18,22). The SMILES string of the molecule is CCCNC(=O)N1CCN(c2ccc(C)c(C)c2)C(=O)C1C. The Morgan fingerprint density at radius 3 is 2.64 bits per heavy atom. The molecular weight excluding hydrogens is 278 g/mol. The van der Waals surface area contributed by atoms with Crippen molar-refractivity contribution in [2.24, 2.45) is 0 Å². The molecule has 1 aromatic rings. The number of carbonyl (C=O) groups excluding carboxylic acids is 2. The van der Waals surface area contributed by atoms with E-state index in [0.29, 0.717) is 19.6 Å². The molecule has 1 aliphatic heterocycles. The summed E-state index contributed by atoms with van der Waals surface area (Å²) in [6.07, 6.45) is 0.886. The smallest absolute Gasteiger partial charge is 0.318 e. The Labute approximate surface area is 132 Å². The van der Waals surface area contributed by atoms with E-state index in [0.717, 1.165) is 12.1 Å². The molecule has 1 saturated heterocycles. The third kappa shape index (κ3) is 3.24. The molecule has 5 heteroatoms. The van der Waals surface area contributed by atoms with Crippen LogP contribution in [0, 0.1) is 13.8 Å². The number of hydrogen-bond acceptors (Lipinski definition) is 2. The minimum absolute atomic E-state index is 0.0267. The number of urea groups is 1. The van der Waals surface area contributed by atoms with Crippen LogP contribution in [0.25, 0.3) is 0 Å².